The van der Waals surface area contributed by atoms with Crippen molar-refractivity contribution in [3.05, 3.63) is 108 Å². The lowest BCUT2D eigenvalue weighted by Gasteiger charge is -2.22. The molecular weight excluding hydrogens is 512 g/mol. The topological polar surface area (TPSA) is 26.3 Å². The fourth-order valence-corrected chi connectivity index (χ4v) is 7.04. The van der Waals surface area contributed by atoms with E-state index in [1.807, 2.05) is 0 Å². The standard InChI is InChI=1S/C40H34O2/c1-23(2)19-25-7-5-9-27(21-25)29-11-15-33-37-31(29)13-17-35-39(37)40-36(41-33)18-14-32-30(12-16-34(42-35)38(32)40)28-10-6-8-26(22-28)20-24(3)4/h5-18,21-24H,19-20H2,1-4H3. The Labute approximate surface area is 246 Å². The summed E-state index contributed by atoms with van der Waals surface area (Å²) in [5, 5.41) is 4.66. The first-order valence-electron chi connectivity index (χ1n) is 15.2. The van der Waals surface area contributed by atoms with E-state index in [0.29, 0.717) is 11.8 Å². The molecule has 0 saturated carbocycles. The summed E-state index contributed by atoms with van der Waals surface area (Å²) < 4.78 is 13.3. The van der Waals surface area contributed by atoms with Gasteiger partial charge in [0.05, 0.1) is 0 Å². The first-order valence-corrected chi connectivity index (χ1v) is 15.2. The molecule has 42 heavy (non-hydrogen) atoms. The molecule has 8 rings (SSSR count). The van der Waals surface area contributed by atoms with Crippen molar-refractivity contribution < 1.29 is 8.83 Å². The van der Waals surface area contributed by atoms with Crippen LogP contribution in [0.4, 0.5) is 0 Å². The van der Waals surface area contributed by atoms with Crippen molar-refractivity contribution in [1.29, 1.82) is 0 Å². The van der Waals surface area contributed by atoms with Crippen molar-refractivity contribution in [2.45, 2.75) is 40.5 Å². The monoisotopic (exact) mass is 546 g/mol. The smallest absolute Gasteiger partial charge is 0.136 e. The SMILES string of the molecule is CC(C)Cc1cccc(-c2ccc3oc4ccc5c(-c6cccc(CC(C)C)c6)ccc6oc7ccc2c3c7-c4c65)c1. The lowest BCUT2D eigenvalue weighted by atomic mass is 9.86. The van der Waals surface area contributed by atoms with Crippen LogP contribution < -0.4 is 0 Å². The van der Waals surface area contributed by atoms with Crippen LogP contribution in [-0.2, 0) is 12.8 Å². The van der Waals surface area contributed by atoms with Crippen LogP contribution in [0.2, 0.25) is 0 Å². The molecule has 6 aromatic rings. The highest BCUT2D eigenvalue weighted by Gasteiger charge is 2.26. The van der Waals surface area contributed by atoms with Gasteiger partial charge in [0.2, 0.25) is 0 Å². The molecule has 2 heterocycles. The van der Waals surface area contributed by atoms with Gasteiger partial charge in [0.1, 0.15) is 22.3 Å². The summed E-state index contributed by atoms with van der Waals surface area (Å²) in [6.45, 7) is 9.10. The number of hydrogen-bond donors (Lipinski definition) is 0. The summed E-state index contributed by atoms with van der Waals surface area (Å²) in [4.78, 5) is 0. The maximum Gasteiger partial charge on any atom is 0.136 e. The zero-order valence-electron chi connectivity index (χ0n) is 24.6. The average molecular weight is 547 g/mol. The van der Waals surface area contributed by atoms with E-state index in [2.05, 4.69) is 125 Å². The fourth-order valence-electron chi connectivity index (χ4n) is 7.04. The molecule has 2 heteroatoms. The van der Waals surface area contributed by atoms with Crippen LogP contribution in [0.1, 0.15) is 38.8 Å². The molecule has 2 nitrogen and oxygen atoms in total. The Morgan fingerprint density at radius 3 is 1.33 bits per heavy atom. The van der Waals surface area contributed by atoms with E-state index in [4.69, 9.17) is 8.83 Å². The second kappa shape index (κ2) is 9.49. The highest BCUT2D eigenvalue weighted by molar-refractivity contribution is 6.26. The van der Waals surface area contributed by atoms with Crippen LogP contribution in [0, 0.1) is 11.8 Å². The van der Waals surface area contributed by atoms with Crippen LogP contribution in [0.5, 0.6) is 0 Å². The number of hydrogen-bond acceptors (Lipinski definition) is 2. The lowest BCUT2D eigenvalue weighted by Crippen LogP contribution is -1.97. The van der Waals surface area contributed by atoms with E-state index in [-0.39, 0.29) is 0 Å². The molecule has 0 atom stereocenters. The molecule has 0 aliphatic carbocycles. The predicted molar refractivity (Wildman–Crippen MR) is 177 cm³/mol. The van der Waals surface area contributed by atoms with Gasteiger partial charge in [-0.1, -0.05) is 88.4 Å². The average Bonchev–Trinajstić information content (AvgIpc) is 2.98. The van der Waals surface area contributed by atoms with E-state index in [1.54, 1.807) is 0 Å². The number of rotatable bonds is 6. The highest BCUT2D eigenvalue weighted by Crippen LogP contribution is 2.50. The van der Waals surface area contributed by atoms with E-state index in [0.717, 1.165) is 57.1 Å². The Morgan fingerprint density at radius 2 is 0.905 bits per heavy atom. The summed E-state index contributed by atoms with van der Waals surface area (Å²) in [5.41, 5.74) is 13.5. The Kier molecular flexibility index (Phi) is 5.69. The van der Waals surface area contributed by atoms with E-state index >= 15 is 0 Å². The van der Waals surface area contributed by atoms with Crippen molar-refractivity contribution in [1.82, 2.24) is 0 Å². The minimum Gasteiger partial charge on any atom is -0.456 e. The van der Waals surface area contributed by atoms with Crippen molar-refractivity contribution in [2.24, 2.45) is 11.8 Å². The molecule has 0 fully saturated rings. The third kappa shape index (κ3) is 3.93. The van der Waals surface area contributed by atoms with Gasteiger partial charge in [0.15, 0.2) is 0 Å². The molecule has 0 aromatic heterocycles. The summed E-state index contributed by atoms with van der Waals surface area (Å²) in [7, 11) is 0. The molecule has 6 aromatic carbocycles. The van der Waals surface area contributed by atoms with E-state index in [9.17, 15) is 0 Å². The largest absolute Gasteiger partial charge is 0.456 e. The molecule has 2 aliphatic rings. The Balaban J connectivity index is 1.38. The molecule has 0 unspecified atom stereocenters. The maximum absolute atomic E-state index is 6.66. The highest BCUT2D eigenvalue weighted by atomic mass is 16.3. The zero-order valence-corrected chi connectivity index (χ0v) is 24.6. The van der Waals surface area contributed by atoms with Crippen molar-refractivity contribution in [3.8, 4) is 33.4 Å². The van der Waals surface area contributed by atoms with Gasteiger partial charge < -0.3 is 8.83 Å². The molecule has 0 N–H and O–H groups in total. The van der Waals surface area contributed by atoms with Gasteiger partial charge in [0, 0.05) is 21.9 Å². The van der Waals surface area contributed by atoms with Crippen molar-refractivity contribution >= 4 is 43.9 Å². The molecule has 0 bridgehead atoms. The van der Waals surface area contributed by atoms with Crippen LogP contribution in [0.3, 0.4) is 0 Å². The summed E-state index contributed by atoms with van der Waals surface area (Å²) in [5.74, 6) is 1.23. The normalized spacial score (nSPS) is 12.4. The van der Waals surface area contributed by atoms with Gasteiger partial charge >= 0.3 is 0 Å². The maximum atomic E-state index is 6.66. The second-order valence-corrected chi connectivity index (χ2v) is 12.7. The third-order valence-electron chi connectivity index (χ3n) is 8.66. The Bertz CT molecular complexity index is 2040. The van der Waals surface area contributed by atoms with Crippen molar-refractivity contribution in [2.75, 3.05) is 0 Å². The van der Waals surface area contributed by atoms with Gasteiger partial charge in [-0.15, -0.1) is 0 Å². The molecule has 206 valence electrons. The third-order valence-corrected chi connectivity index (χ3v) is 8.66. The lowest BCUT2D eigenvalue weighted by molar-refractivity contribution is 0.646. The molecule has 0 radical (unpaired) electrons. The first-order chi connectivity index (χ1) is 20.4. The van der Waals surface area contributed by atoms with Crippen LogP contribution in [-0.4, -0.2) is 0 Å². The first kappa shape index (κ1) is 25.2. The van der Waals surface area contributed by atoms with E-state index in [1.165, 1.54) is 44.2 Å². The van der Waals surface area contributed by atoms with Gasteiger partial charge in [-0.2, -0.15) is 0 Å². The second-order valence-electron chi connectivity index (χ2n) is 12.7. The molecule has 2 aliphatic heterocycles. The van der Waals surface area contributed by atoms with Crippen LogP contribution >= 0.6 is 0 Å². The minimum atomic E-state index is 0.615. The zero-order chi connectivity index (χ0) is 28.5. The predicted octanol–water partition coefficient (Wildman–Crippen LogP) is 11.8. The van der Waals surface area contributed by atoms with Gasteiger partial charge in [0.25, 0.3) is 0 Å². The van der Waals surface area contributed by atoms with E-state index < -0.39 is 0 Å². The van der Waals surface area contributed by atoms with Crippen molar-refractivity contribution in [3.63, 3.8) is 0 Å². The van der Waals surface area contributed by atoms with Gasteiger partial charge in [-0.05, 0) is 105 Å². The summed E-state index contributed by atoms with van der Waals surface area (Å²) >= 11 is 0. The Morgan fingerprint density at radius 1 is 0.476 bits per heavy atom. The molecule has 0 spiro atoms. The van der Waals surface area contributed by atoms with Crippen LogP contribution in [0.25, 0.3) is 77.3 Å². The molecular formula is C40H34O2. The fraction of sp³-hybridized carbons (Fsp3) is 0.200. The molecule has 0 saturated heterocycles. The summed E-state index contributed by atoms with van der Waals surface area (Å²) in [6.07, 6.45) is 2.14. The number of benzene rings is 6. The van der Waals surface area contributed by atoms with Crippen LogP contribution in [0.15, 0.2) is 106 Å². The Hall–Kier alpha value is -4.56. The van der Waals surface area contributed by atoms with Gasteiger partial charge in [-0.25, -0.2) is 0 Å². The molecule has 0 amide bonds. The summed E-state index contributed by atoms with van der Waals surface area (Å²) in [6, 6.07) is 35.4. The quantitative estimate of drug-likeness (QED) is 0.153. The van der Waals surface area contributed by atoms with Gasteiger partial charge in [-0.3, -0.25) is 0 Å². The minimum absolute atomic E-state index is 0.615.